The third-order valence-corrected chi connectivity index (χ3v) is 7.32. The Hall–Kier alpha value is -2.44. The van der Waals surface area contributed by atoms with Crippen molar-refractivity contribution in [2.75, 3.05) is 21.3 Å². The third-order valence-electron chi connectivity index (χ3n) is 6.69. The zero-order valence-electron chi connectivity index (χ0n) is 20.1. The average molecular weight is 505 g/mol. The molecule has 184 valence electrons. The molecule has 0 radical (unpaired) electrons. The molecule has 3 unspecified atom stereocenters. The van der Waals surface area contributed by atoms with Crippen LogP contribution < -0.4 is 21.3 Å². The number of anilines is 4. The fourth-order valence-corrected chi connectivity index (χ4v) is 5.08. The highest BCUT2D eigenvalue weighted by molar-refractivity contribution is 6.38. The molecule has 0 saturated carbocycles. The standard InChI is InChI=1S/C14H18Cl2N2O.C12H16N2O/c1-2-3-4-9-5-6-14(19)18(9)13-8-12(17)10(15)7-11(13)16;1-8-6-12(15)14(9(8)2)11-5-3-4-10(13)7-11/h7-9H,2-6,17H2,1H3;3-5,7-9H,6,13H2,1-2H3. The molecule has 2 heterocycles. The number of benzene rings is 2. The number of carbonyl (C=O) groups excluding carboxylic acids is 2. The van der Waals surface area contributed by atoms with E-state index in [9.17, 15) is 9.59 Å². The zero-order valence-corrected chi connectivity index (χ0v) is 21.6. The van der Waals surface area contributed by atoms with E-state index < -0.39 is 0 Å². The number of nitrogens with zero attached hydrogens (tertiary/aromatic N) is 2. The maximum absolute atomic E-state index is 12.1. The molecule has 2 aliphatic heterocycles. The molecule has 34 heavy (non-hydrogen) atoms. The second-order valence-electron chi connectivity index (χ2n) is 9.20. The number of nitrogens with two attached hydrogens (primary N) is 2. The Morgan fingerprint density at radius 1 is 1.00 bits per heavy atom. The molecule has 8 heteroatoms. The number of hydrogen-bond acceptors (Lipinski definition) is 4. The fraction of sp³-hybridized carbons (Fsp3) is 0.462. The summed E-state index contributed by atoms with van der Waals surface area (Å²) in [4.78, 5) is 27.5. The number of rotatable bonds is 5. The van der Waals surface area contributed by atoms with Crippen molar-refractivity contribution < 1.29 is 9.59 Å². The molecule has 2 aliphatic rings. The molecular formula is C26H34Cl2N4O2. The summed E-state index contributed by atoms with van der Waals surface area (Å²) < 4.78 is 0. The van der Waals surface area contributed by atoms with E-state index in [2.05, 4.69) is 20.8 Å². The van der Waals surface area contributed by atoms with Crippen molar-refractivity contribution in [3.63, 3.8) is 0 Å². The number of halogens is 2. The lowest BCUT2D eigenvalue weighted by molar-refractivity contribution is -0.118. The minimum atomic E-state index is 0.115. The van der Waals surface area contributed by atoms with Crippen molar-refractivity contribution in [1.29, 1.82) is 0 Å². The third kappa shape index (κ3) is 5.78. The van der Waals surface area contributed by atoms with E-state index in [4.69, 9.17) is 34.7 Å². The molecule has 2 saturated heterocycles. The highest BCUT2D eigenvalue weighted by atomic mass is 35.5. The Labute approximate surface area is 212 Å². The molecule has 4 rings (SSSR count). The van der Waals surface area contributed by atoms with Crippen LogP contribution in [0.3, 0.4) is 0 Å². The van der Waals surface area contributed by atoms with Crippen LogP contribution in [0.1, 0.15) is 59.3 Å². The van der Waals surface area contributed by atoms with Gasteiger partial charge in [0.1, 0.15) is 0 Å². The molecule has 2 fully saturated rings. The Morgan fingerprint density at radius 3 is 2.35 bits per heavy atom. The predicted molar refractivity (Wildman–Crippen MR) is 142 cm³/mol. The van der Waals surface area contributed by atoms with Gasteiger partial charge in [0.25, 0.3) is 0 Å². The summed E-state index contributed by atoms with van der Waals surface area (Å²) in [5, 5.41) is 0.904. The molecule has 0 spiro atoms. The molecule has 0 aliphatic carbocycles. The second kappa shape index (κ2) is 11.3. The van der Waals surface area contributed by atoms with Gasteiger partial charge in [0.15, 0.2) is 0 Å². The lowest BCUT2D eigenvalue weighted by Gasteiger charge is -2.26. The lowest BCUT2D eigenvalue weighted by atomic mass is 10.0. The van der Waals surface area contributed by atoms with E-state index in [1.165, 1.54) is 0 Å². The number of nitrogen functional groups attached to an aromatic ring is 2. The molecular weight excluding hydrogens is 471 g/mol. The van der Waals surface area contributed by atoms with Gasteiger partial charge in [-0.1, -0.05) is 56.0 Å². The molecule has 2 aromatic rings. The van der Waals surface area contributed by atoms with E-state index in [-0.39, 0.29) is 23.9 Å². The number of amides is 2. The van der Waals surface area contributed by atoms with Crippen molar-refractivity contribution in [3.8, 4) is 0 Å². The Kier molecular flexibility index (Phi) is 8.72. The largest absolute Gasteiger partial charge is 0.399 e. The van der Waals surface area contributed by atoms with Crippen molar-refractivity contribution >= 4 is 57.8 Å². The molecule has 3 atom stereocenters. The topological polar surface area (TPSA) is 92.7 Å². The normalized spacial score (nSPS) is 22.2. The van der Waals surface area contributed by atoms with Gasteiger partial charge in [-0.15, -0.1) is 0 Å². The van der Waals surface area contributed by atoms with Gasteiger partial charge in [-0.3, -0.25) is 9.59 Å². The van der Waals surface area contributed by atoms with E-state index in [0.717, 1.165) is 31.4 Å². The minimum absolute atomic E-state index is 0.115. The summed E-state index contributed by atoms with van der Waals surface area (Å²) in [5.74, 6) is 0.726. The highest BCUT2D eigenvalue weighted by Gasteiger charge is 2.35. The van der Waals surface area contributed by atoms with Crippen LogP contribution >= 0.6 is 23.2 Å². The van der Waals surface area contributed by atoms with Crippen LogP contribution in [-0.4, -0.2) is 23.9 Å². The first-order valence-corrected chi connectivity index (χ1v) is 12.6. The monoisotopic (exact) mass is 504 g/mol. The van der Waals surface area contributed by atoms with E-state index in [1.807, 2.05) is 29.2 Å². The summed E-state index contributed by atoms with van der Waals surface area (Å²) in [6.07, 6.45) is 5.33. The van der Waals surface area contributed by atoms with Gasteiger partial charge in [0.05, 0.1) is 21.4 Å². The van der Waals surface area contributed by atoms with E-state index >= 15 is 0 Å². The van der Waals surface area contributed by atoms with Crippen LogP contribution in [0, 0.1) is 5.92 Å². The zero-order chi connectivity index (χ0) is 25.0. The number of unbranched alkanes of at least 4 members (excludes halogenated alkanes) is 1. The Balaban J connectivity index is 0.000000196. The SMILES string of the molecule is CC1CC(=O)N(c2cccc(N)c2)C1C.CCCCC1CCC(=O)N1c1cc(N)c(Cl)cc1Cl. The van der Waals surface area contributed by atoms with Crippen LogP contribution in [0.15, 0.2) is 36.4 Å². The maximum atomic E-state index is 12.1. The summed E-state index contributed by atoms with van der Waals surface area (Å²) >= 11 is 12.1. The Bertz CT molecular complexity index is 1050. The lowest BCUT2D eigenvalue weighted by Crippen LogP contribution is -2.33. The average Bonchev–Trinajstić information content (AvgIpc) is 3.27. The van der Waals surface area contributed by atoms with Gasteiger partial charge < -0.3 is 21.3 Å². The quantitative estimate of drug-likeness (QED) is 0.467. The van der Waals surface area contributed by atoms with Gasteiger partial charge in [-0.25, -0.2) is 0 Å². The number of hydrogen-bond donors (Lipinski definition) is 2. The highest BCUT2D eigenvalue weighted by Crippen LogP contribution is 2.38. The van der Waals surface area contributed by atoms with Gasteiger partial charge in [-0.2, -0.15) is 0 Å². The van der Waals surface area contributed by atoms with Crippen molar-refractivity contribution in [1.82, 2.24) is 0 Å². The predicted octanol–water partition coefficient (Wildman–Crippen LogP) is 6.29. The van der Waals surface area contributed by atoms with Crippen LogP contribution in [0.5, 0.6) is 0 Å². The van der Waals surface area contributed by atoms with Crippen molar-refractivity contribution in [3.05, 3.63) is 46.4 Å². The van der Waals surface area contributed by atoms with Crippen LogP contribution in [-0.2, 0) is 9.59 Å². The molecule has 4 N–H and O–H groups in total. The first-order valence-electron chi connectivity index (χ1n) is 11.9. The maximum Gasteiger partial charge on any atom is 0.227 e. The van der Waals surface area contributed by atoms with Gasteiger partial charge in [-0.05, 0) is 56.0 Å². The molecule has 0 bridgehead atoms. The summed E-state index contributed by atoms with van der Waals surface area (Å²) in [7, 11) is 0. The van der Waals surface area contributed by atoms with Crippen LogP contribution in [0.2, 0.25) is 10.0 Å². The summed E-state index contributed by atoms with van der Waals surface area (Å²) in [6, 6.07) is 11.3. The number of carbonyl (C=O) groups is 2. The van der Waals surface area contributed by atoms with Crippen molar-refractivity contribution in [2.24, 2.45) is 5.92 Å². The van der Waals surface area contributed by atoms with E-state index in [1.54, 1.807) is 17.0 Å². The van der Waals surface area contributed by atoms with Gasteiger partial charge in [0.2, 0.25) is 11.8 Å². The first kappa shape index (κ1) is 26.2. The van der Waals surface area contributed by atoms with E-state index in [0.29, 0.717) is 45.9 Å². The van der Waals surface area contributed by atoms with Crippen LogP contribution in [0.25, 0.3) is 0 Å². The smallest absolute Gasteiger partial charge is 0.227 e. The second-order valence-corrected chi connectivity index (χ2v) is 10.0. The molecule has 6 nitrogen and oxygen atoms in total. The first-order chi connectivity index (χ1) is 16.1. The van der Waals surface area contributed by atoms with Gasteiger partial charge >= 0.3 is 0 Å². The van der Waals surface area contributed by atoms with Gasteiger partial charge in [0, 0.05) is 36.3 Å². The minimum Gasteiger partial charge on any atom is -0.399 e. The summed E-state index contributed by atoms with van der Waals surface area (Å²) in [5.41, 5.74) is 14.3. The summed E-state index contributed by atoms with van der Waals surface area (Å²) in [6.45, 7) is 6.34. The molecule has 2 amide bonds. The van der Waals surface area contributed by atoms with Crippen LogP contribution in [0.4, 0.5) is 22.7 Å². The molecule has 2 aromatic carbocycles. The molecule has 0 aromatic heterocycles. The fourth-order valence-electron chi connectivity index (χ4n) is 4.61. The van der Waals surface area contributed by atoms with Crippen molar-refractivity contribution in [2.45, 2.75) is 71.4 Å². The Morgan fingerprint density at radius 2 is 1.74 bits per heavy atom.